The zero-order valence-electron chi connectivity index (χ0n) is 14.5. The molecule has 1 N–H and O–H groups in total. The number of hydrogen-bond donors (Lipinski definition) is 1. The van der Waals surface area contributed by atoms with Crippen molar-refractivity contribution < 1.29 is 14.2 Å². The molecule has 124 valence electrons. The summed E-state index contributed by atoms with van der Waals surface area (Å²) in [6, 6.07) is 4.35. The molecule has 0 fully saturated rings. The van der Waals surface area contributed by atoms with Crippen molar-refractivity contribution in [2.75, 3.05) is 20.8 Å². The van der Waals surface area contributed by atoms with Gasteiger partial charge in [-0.25, -0.2) is 0 Å². The monoisotopic (exact) mass is 307 g/mol. The number of nitrogens with one attached hydrogen (secondary N) is 1. The lowest BCUT2D eigenvalue weighted by molar-refractivity contribution is 0.0405. The van der Waals surface area contributed by atoms with Crippen LogP contribution in [0.1, 0.15) is 58.1 Å². The van der Waals surface area contributed by atoms with Gasteiger partial charge < -0.3 is 19.5 Å². The van der Waals surface area contributed by atoms with E-state index in [1.165, 1.54) is 18.4 Å². The second-order valence-electron chi connectivity index (χ2n) is 6.19. The third kappa shape index (κ3) is 3.32. The van der Waals surface area contributed by atoms with Gasteiger partial charge in [0, 0.05) is 18.0 Å². The molecule has 0 bridgehead atoms. The van der Waals surface area contributed by atoms with Crippen LogP contribution < -0.4 is 19.5 Å². The first-order valence-electron chi connectivity index (χ1n) is 8.25. The van der Waals surface area contributed by atoms with Gasteiger partial charge in [-0.1, -0.05) is 20.3 Å². The van der Waals surface area contributed by atoms with Gasteiger partial charge in [0.15, 0.2) is 11.5 Å². The van der Waals surface area contributed by atoms with Crippen LogP contribution in [0.5, 0.6) is 17.2 Å². The molecule has 1 heterocycles. The summed E-state index contributed by atoms with van der Waals surface area (Å²) < 4.78 is 17.3. The third-order valence-corrected chi connectivity index (χ3v) is 4.56. The van der Waals surface area contributed by atoms with Gasteiger partial charge in [-0.15, -0.1) is 0 Å². The third-order valence-electron chi connectivity index (χ3n) is 4.56. The summed E-state index contributed by atoms with van der Waals surface area (Å²) in [6.45, 7) is 7.57. The van der Waals surface area contributed by atoms with E-state index in [0.29, 0.717) is 17.5 Å². The zero-order chi connectivity index (χ0) is 16.2. The fraction of sp³-hybridized carbons (Fsp3) is 0.667. The van der Waals surface area contributed by atoms with E-state index in [9.17, 15) is 0 Å². The number of unbranched alkanes of at least 4 members (excludes halogenated alkanes) is 1. The van der Waals surface area contributed by atoms with Crippen LogP contribution in [0.2, 0.25) is 0 Å². The molecule has 1 aromatic carbocycles. The molecule has 22 heavy (non-hydrogen) atoms. The Bertz CT molecular complexity index is 503. The molecule has 1 aliphatic rings. The Morgan fingerprint density at radius 1 is 1.27 bits per heavy atom. The lowest BCUT2D eigenvalue weighted by atomic mass is 9.86. The Balaban J connectivity index is 2.40. The highest BCUT2D eigenvalue weighted by Crippen LogP contribution is 2.49. The predicted octanol–water partition coefficient (Wildman–Crippen LogP) is 4.09. The molecule has 0 radical (unpaired) electrons. The van der Waals surface area contributed by atoms with Crippen LogP contribution in [0, 0.1) is 0 Å². The highest BCUT2D eigenvalue weighted by molar-refractivity contribution is 5.57. The first-order valence-corrected chi connectivity index (χ1v) is 8.25. The molecule has 0 saturated heterocycles. The molecule has 0 amide bonds. The number of rotatable bonds is 7. The van der Waals surface area contributed by atoms with Crippen molar-refractivity contribution in [3.05, 3.63) is 17.7 Å². The summed E-state index contributed by atoms with van der Waals surface area (Å²) in [5.74, 6) is 2.24. The van der Waals surface area contributed by atoms with Crippen LogP contribution in [0.25, 0.3) is 0 Å². The quantitative estimate of drug-likeness (QED) is 0.770. The highest BCUT2D eigenvalue weighted by atomic mass is 16.5. The first-order chi connectivity index (χ1) is 10.6. The maximum atomic E-state index is 6.32. The van der Waals surface area contributed by atoms with E-state index in [-0.39, 0.29) is 5.60 Å². The van der Waals surface area contributed by atoms with Gasteiger partial charge in [0.2, 0.25) is 5.75 Å². The molecule has 0 saturated carbocycles. The molecule has 0 aromatic heterocycles. The summed E-state index contributed by atoms with van der Waals surface area (Å²) in [7, 11) is 3.32. The maximum Gasteiger partial charge on any atom is 0.203 e. The Kier molecular flexibility index (Phi) is 5.57. The first kappa shape index (κ1) is 16.9. The molecule has 2 unspecified atom stereocenters. The van der Waals surface area contributed by atoms with Crippen LogP contribution >= 0.6 is 0 Å². The maximum absolute atomic E-state index is 6.32. The minimum atomic E-state index is -0.184. The number of methoxy groups -OCH3 is 2. The van der Waals surface area contributed by atoms with Crippen LogP contribution in [-0.2, 0) is 0 Å². The molecule has 1 aliphatic heterocycles. The fourth-order valence-corrected chi connectivity index (χ4v) is 2.98. The van der Waals surface area contributed by atoms with Crippen molar-refractivity contribution >= 4 is 0 Å². The predicted molar refractivity (Wildman–Crippen MR) is 89.1 cm³/mol. The topological polar surface area (TPSA) is 39.7 Å². The summed E-state index contributed by atoms with van der Waals surface area (Å²) in [5, 5.41) is 3.68. The smallest absolute Gasteiger partial charge is 0.203 e. The van der Waals surface area contributed by atoms with Crippen molar-refractivity contribution in [3.63, 3.8) is 0 Å². The Hall–Kier alpha value is -1.42. The number of ether oxygens (including phenoxy) is 3. The van der Waals surface area contributed by atoms with Gasteiger partial charge >= 0.3 is 0 Å². The minimum absolute atomic E-state index is 0.184. The summed E-state index contributed by atoms with van der Waals surface area (Å²) in [5.41, 5.74) is 0.982. The summed E-state index contributed by atoms with van der Waals surface area (Å²) >= 11 is 0. The van der Waals surface area contributed by atoms with Crippen LogP contribution in [0.4, 0.5) is 0 Å². The Morgan fingerprint density at radius 3 is 2.64 bits per heavy atom. The van der Waals surface area contributed by atoms with Gasteiger partial charge in [0.1, 0.15) is 5.60 Å². The average Bonchev–Trinajstić information content (AvgIpc) is 2.53. The minimum Gasteiger partial charge on any atom is -0.493 e. The number of benzene rings is 1. The van der Waals surface area contributed by atoms with E-state index in [1.54, 1.807) is 14.2 Å². The standard InChI is InChI=1S/C18H29NO3/c1-6-8-11-19-14-12-18(3,7-2)22-16-13(14)9-10-15(20-4)17(16)21-5/h9-10,14,19H,6-8,11-12H2,1-5H3. The molecule has 4 nitrogen and oxygen atoms in total. The van der Waals surface area contributed by atoms with Gasteiger partial charge in [-0.2, -0.15) is 0 Å². The van der Waals surface area contributed by atoms with E-state index in [1.807, 2.05) is 6.07 Å². The summed E-state index contributed by atoms with van der Waals surface area (Å²) in [6.07, 6.45) is 4.30. The van der Waals surface area contributed by atoms with E-state index in [2.05, 4.69) is 32.2 Å². The van der Waals surface area contributed by atoms with E-state index in [0.717, 1.165) is 25.1 Å². The van der Waals surface area contributed by atoms with Crippen molar-refractivity contribution in [1.29, 1.82) is 0 Å². The molecule has 2 rings (SSSR count). The van der Waals surface area contributed by atoms with Gasteiger partial charge in [0.05, 0.1) is 14.2 Å². The highest BCUT2D eigenvalue weighted by Gasteiger charge is 2.38. The van der Waals surface area contributed by atoms with Crippen molar-refractivity contribution in [3.8, 4) is 17.2 Å². The van der Waals surface area contributed by atoms with Crippen LogP contribution in [0.15, 0.2) is 12.1 Å². The second kappa shape index (κ2) is 7.23. The second-order valence-corrected chi connectivity index (χ2v) is 6.19. The van der Waals surface area contributed by atoms with Gasteiger partial charge in [-0.3, -0.25) is 0 Å². The molecule has 1 aromatic rings. The van der Waals surface area contributed by atoms with Crippen molar-refractivity contribution in [1.82, 2.24) is 5.32 Å². The Labute approximate surface area is 134 Å². The van der Waals surface area contributed by atoms with E-state index >= 15 is 0 Å². The van der Waals surface area contributed by atoms with Crippen molar-refractivity contribution in [2.24, 2.45) is 0 Å². The van der Waals surface area contributed by atoms with Gasteiger partial charge in [-0.05, 0) is 38.4 Å². The zero-order valence-corrected chi connectivity index (χ0v) is 14.5. The van der Waals surface area contributed by atoms with Crippen LogP contribution in [0.3, 0.4) is 0 Å². The lowest BCUT2D eigenvalue weighted by Crippen LogP contribution is -2.41. The van der Waals surface area contributed by atoms with Gasteiger partial charge in [0.25, 0.3) is 0 Å². The Morgan fingerprint density at radius 2 is 2.05 bits per heavy atom. The molecule has 0 aliphatic carbocycles. The van der Waals surface area contributed by atoms with E-state index < -0.39 is 0 Å². The lowest BCUT2D eigenvalue weighted by Gasteiger charge is -2.40. The molecular weight excluding hydrogens is 278 g/mol. The normalized spacial score (nSPS) is 23.6. The van der Waals surface area contributed by atoms with Crippen molar-refractivity contribution in [2.45, 2.75) is 58.1 Å². The van der Waals surface area contributed by atoms with E-state index in [4.69, 9.17) is 14.2 Å². The largest absolute Gasteiger partial charge is 0.493 e. The molecule has 4 heteroatoms. The molecular formula is C18H29NO3. The average molecular weight is 307 g/mol. The van der Waals surface area contributed by atoms with Crippen LogP contribution in [-0.4, -0.2) is 26.4 Å². The number of fused-ring (bicyclic) bond motifs is 1. The summed E-state index contributed by atoms with van der Waals surface area (Å²) in [4.78, 5) is 0. The fourth-order valence-electron chi connectivity index (χ4n) is 2.98. The molecule has 2 atom stereocenters. The SMILES string of the molecule is CCCCNC1CC(C)(CC)Oc2c1ccc(OC)c2OC. The molecule has 0 spiro atoms. The number of hydrogen-bond acceptors (Lipinski definition) is 4.